The normalized spacial score (nSPS) is 23.9. The number of hydrogen-bond donors (Lipinski definition) is 3. The predicted octanol–water partition coefficient (Wildman–Crippen LogP) is 3.05. The molecule has 8 rings (SSSR count). The third-order valence-electron chi connectivity index (χ3n) is 8.27. The van der Waals surface area contributed by atoms with Gasteiger partial charge in [0.25, 0.3) is 5.91 Å². The maximum Gasteiger partial charge on any atom is 0.251 e. The average Bonchev–Trinajstić information content (AvgIpc) is 3.67. The number of nitriles is 1. The van der Waals surface area contributed by atoms with Crippen molar-refractivity contribution in [1.29, 1.82) is 5.26 Å². The largest absolute Gasteiger partial charge is 0.381 e. The van der Waals surface area contributed by atoms with Gasteiger partial charge in [0.2, 0.25) is 0 Å². The van der Waals surface area contributed by atoms with Crippen LogP contribution in [0.5, 0.6) is 0 Å². The molecule has 4 aliphatic rings. The summed E-state index contributed by atoms with van der Waals surface area (Å²) in [4.78, 5) is 17.2. The predicted molar refractivity (Wildman–Crippen MR) is 148 cm³/mol. The van der Waals surface area contributed by atoms with E-state index in [-0.39, 0.29) is 22.9 Å². The van der Waals surface area contributed by atoms with Gasteiger partial charge >= 0.3 is 0 Å². The Kier molecular flexibility index (Phi) is 5.51. The fraction of sp³-hybridized carbons (Fsp3) is 0.429. The SMILES string of the molecule is CC(C)(O)C(=O)NC12CCC(c3nnc(-c4cnc(-c5ccc6cc(C#N)cnn56)cc4NC4COC4)s3)(C1)C2. The number of nitrogens with zero attached hydrogens (tertiary/aromatic N) is 6. The fourth-order valence-corrected chi connectivity index (χ4v) is 7.19. The van der Waals surface area contributed by atoms with Gasteiger partial charge in [-0.2, -0.15) is 10.4 Å². The number of carbonyl (C=O) groups excluding carboxylic acids is 1. The van der Waals surface area contributed by atoms with Crippen LogP contribution in [-0.4, -0.2) is 66.2 Å². The van der Waals surface area contributed by atoms with E-state index in [0.29, 0.717) is 18.8 Å². The van der Waals surface area contributed by atoms with Crippen molar-refractivity contribution in [3.63, 3.8) is 0 Å². The van der Waals surface area contributed by atoms with Gasteiger partial charge in [-0.15, -0.1) is 10.2 Å². The van der Waals surface area contributed by atoms with Gasteiger partial charge in [0.1, 0.15) is 16.7 Å². The summed E-state index contributed by atoms with van der Waals surface area (Å²) in [5, 5.41) is 41.4. The quantitative estimate of drug-likeness (QED) is 0.312. The standard InChI is InChI=1S/C28H28N8O3S/c1-26(2,38)24(37)33-28-6-5-27(14-28,15-28)25-35-34-23(40-25)19-11-30-21(8-20(19)32-17-12-39-13-17)22-4-3-18-7-16(9-29)10-31-36(18)22/h3-4,7-8,10-11,17,38H,5-6,12-15H2,1-2H3,(H,30,32)(H,33,37). The van der Waals surface area contributed by atoms with E-state index in [9.17, 15) is 15.2 Å². The first kappa shape index (κ1) is 25.1. The van der Waals surface area contributed by atoms with E-state index < -0.39 is 5.60 Å². The number of amides is 1. The molecule has 2 bridgehead atoms. The Balaban J connectivity index is 1.18. The molecular formula is C28H28N8O3S. The molecule has 3 saturated carbocycles. The number of rotatable bonds is 7. The molecule has 0 unspecified atom stereocenters. The van der Waals surface area contributed by atoms with Crippen molar-refractivity contribution in [3.05, 3.63) is 47.2 Å². The zero-order valence-electron chi connectivity index (χ0n) is 22.1. The molecular weight excluding hydrogens is 528 g/mol. The molecule has 40 heavy (non-hydrogen) atoms. The highest BCUT2D eigenvalue weighted by Crippen LogP contribution is 2.63. The first-order valence-electron chi connectivity index (χ1n) is 13.3. The van der Waals surface area contributed by atoms with Crippen LogP contribution in [0.2, 0.25) is 0 Å². The molecule has 3 N–H and O–H groups in total. The lowest BCUT2D eigenvalue weighted by atomic mass is 9.65. The Hall–Kier alpha value is -3.92. The minimum atomic E-state index is -1.40. The lowest BCUT2D eigenvalue weighted by Crippen LogP contribution is -2.60. The third kappa shape index (κ3) is 4.04. The van der Waals surface area contributed by atoms with Gasteiger partial charge < -0.3 is 20.5 Å². The molecule has 0 radical (unpaired) electrons. The summed E-state index contributed by atoms with van der Waals surface area (Å²) >= 11 is 1.58. The van der Waals surface area contributed by atoms with E-state index in [2.05, 4.69) is 32.0 Å². The topological polar surface area (TPSA) is 150 Å². The first-order valence-corrected chi connectivity index (χ1v) is 14.1. The second kappa shape index (κ2) is 8.79. The monoisotopic (exact) mass is 556 g/mol. The van der Waals surface area contributed by atoms with Crippen LogP contribution in [0.1, 0.15) is 50.1 Å². The molecule has 3 aliphatic carbocycles. The van der Waals surface area contributed by atoms with Gasteiger partial charge in [-0.25, -0.2) is 4.52 Å². The van der Waals surface area contributed by atoms with Crippen LogP contribution in [0.25, 0.3) is 27.5 Å². The summed E-state index contributed by atoms with van der Waals surface area (Å²) < 4.78 is 7.17. The highest BCUT2D eigenvalue weighted by Gasteiger charge is 2.64. The van der Waals surface area contributed by atoms with Crippen LogP contribution in [-0.2, 0) is 14.9 Å². The van der Waals surface area contributed by atoms with Crippen molar-refractivity contribution in [2.75, 3.05) is 18.5 Å². The van der Waals surface area contributed by atoms with Crippen molar-refractivity contribution >= 4 is 28.4 Å². The Labute approximate surface area is 234 Å². The summed E-state index contributed by atoms with van der Waals surface area (Å²) in [5.74, 6) is -0.334. The molecule has 204 valence electrons. The number of aromatic nitrogens is 5. The zero-order valence-corrected chi connectivity index (χ0v) is 23.0. The van der Waals surface area contributed by atoms with Gasteiger partial charge in [-0.3, -0.25) is 9.78 Å². The zero-order chi connectivity index (χ0) is 27.7. The lowest BCUT2D eigenvalue weighted by molar-refractivity contribution is -0.139. The van der Waals surface area contributed by atoms with Gasteiger partial charge in [-0.1, -0.05) is 11.3 Å². The summed E-state index contributed by atoms with van der Waals surface area (Å²) in [6.07, 6.45) is 6.78. The Morgan fingerprint density at radius 1 is 1.23 bits per heavy atom. The van der Waals surface area contributed by atoms with E-state index in [0.717, 1.165) is 63.9 Å². The van der Waals surface area contributed by atoms with Crippen molar-refractivity contribution in [2.45, 2.75) is 62.1 Å². The fourth-order valence-electron chi connectivity index (χ4n) is 6.10. The van der Waals surface area contributed by atoms with Crippen LogP contribution in [0.4, 0.5) is 5.69 Å². The molecule has 4 aromatic rings. The molecule has 4 fully saturated rings. The number of fused-ring (bicyclic) bond motifs is 2. The van der Waals surface area contributed by atoms with Crippen LogP contribution in [0.3, 0.4) is 0 Å². The molecule has 0 atom stereocenters. The van der Waals surface area contributed by atoms with Crippen LogP contribution in [0, 0.1) is 11.3 Å². The molecule has 0 spiro atoms. The van der Waals surface area contributed by atoms with Gasteiger partial charge in [0.15, 0.2) is 5.01 Å². The van der Waals surface area contributed by atoms with E-state index >= 15 is 0 Å². The molecule has 4 aromatic heterocycles. The number of pyridine rings is 1. The minimum absolute atomic E-state index is 0.0929. The Morgan fingerprint density at radius 3 is 2.77 bits per heavy atom. The third-order valence-corrected chi connectivity index (χ3v) is 9.48. The number of ether oxygens (including phenoxy) is 1. The average molecular weight is 557 g/mol. The van der Waals surface area contributed by atoms with E-state index in [4.69, 9.17) is 9.72 Å². The van der Waals surface area contributed by atoms with Crippen molar-refractivity contribution < 1.29 is 14.6 Å². The first-order chi connectivity index (χ1) is 19.2. The molecule has 12 heteroatoms. The summed E-state index contributed by atoms with van der Waals surface area (Å²) in [5.41, 5.74) is 2.89. The summed E-state index contributed by atoms with van der Waals surface area (Å²) in [7, 11) is 0. The highest BCUT2D eigenvalue weighted by molar-refractivity contribution is 7.14. The second-order valence-corrected chi connectivity index (χ2v) is 12.7. The number of anilines is 1. The Morgan fingerprint density at radius 2 is 2.05 bits per heavy atom. The van der Waals surface area contributed by atoms with Gasteiger partial charge in [-0.05, 0) is 63.8 Å². The summed E-state index contributed by atoms with van der Waals surface area (Å²) in [6, 6.07) is 10.00. The number of hydrogen-bond acceptors (Lipinski definition) is 10. The molecule has 1 aliphatic heterocycles. The Bertz CT molecular complexity index is 1690. The van der Waals surface area contributed by atoms with Crippen LogP contribution >= 0.6 is 11.3 Å². The molecule has 1 saturated heterocycles. The lowest BCUT2D eigenvalue weighted by Gasteiger charge is -2.47. The molecule has 1 amide bonds. The van der Waals surface area contributed by atoms with Crippen molar-refractivity contribution in [2.24, 2.45) is 0 Å². The van der Waals surface area contributed by atoms with Gasteiger partial charge in [0, 0.05) is 22.8 Å². The molecule has 11 nitrogen and oxygen atoms in total. The summed E-state index contributed by atoms with van der Waals surface area (Å²) in [6.45, 7) is 4.29. The second-order valence-electron chi connectivity index (χ2n) is 11.7. The van der Waals surface area contributed by atoms with E-state index in [1.54, 1.807) is 28.1 Å². The molecule has 5 heterocycles. The van der Waals surface area contributed by atoms with E-state index in [1.165, 1.54) is 13.8 Å². The number of aliphatic hydroxyl groups is 1. The molecule has 0 aromatic carbocycles. The van der Waals surface area contributed by atoms with Crippen molar-refractivity contribution in [3.8, 4) is 28.0 Å². The number of carbonyl (C=O) groups is 1. The maximum atomic E-state index is 12.4. The maximum absolute atomic E-state index is 12.4. The van der Waals surface area contributed by atoms with Crippen LogP contribution in [0.15, 0.2) is 36.7 Å². The highest BCUT2D eigenvalue weighted by atomic mass is 32.1. The number of nitrogens with one attached hydrogen (secondary N) is 2. The minimum Gasteiger partial charge on any atom is -0.381 e. The van der Waals surface area contributed by atoms with Crippen LogP contribution < -0.4 is 10.6 Å². The van der Waals surface area contributed by atoms with Gasteiger partial charge in [0.05, 0.1) is 53.5 Å². The smallest absolute Gasteiger partial charge is 0.251 e. The van der Waals surface area contributed by atoms with Crippen molar-refractivity contribution in [1.82, 2.24) is 30.1 Å². The van der Waals surface area contributed by atoms with E-state index in [1.807, 2.05) is 24.4 Å².